The van der Waals surface area contributed by atoms with Crippen LogP contribution in [-0.4, -0.2) is 16.1 Å². The summed E-state index contributed by atoms with van der Waals surface area (Å²) in [5.41, 5.74) is 2.57. The molecule has 0 bridgehead atoms. The number of rotatable bonds is 4. The third-order valence-electron chi connectivity index (χ3n) is 3.24. The van der Waals surface area contributed by atoms with Crippen molar-refractivity contribution in [1.29, 1.82) is 0 Å². The zero-order valence-electron chi connectivity index (χ0n) is 13.0. The van der Waals surface area contributed by atoms with Crippen LogP contribution in [-0.2, 0) is 0 Å². The van der Waals surface area contributed by atoms with E-state index in [1.165, 1.54) is 12.1 Å². The lowest BCUT2D eigenvalue weighted by Crippen LogP contribution is -2.05. The van der Waals surface area contributed by atoms with E-state index in [1.807, 2.05) is 56.3 Å². The smallest absolute Gasteiger partial charge is 0.127 e. The Morgan fingerprint density at radius 3 is 2.30 bits per heavy atom. The van der Waals surface area contributed by atoms with E-state index >= 15 is 0 Å². The highest BCUT2D eigenvalue weighted by atomic mass is 19.1. The van der Waals surface area contributed by atoms with Gasteiger partial charge in [0, 0.05) is 23.9 Å². The molecule has 0 aliphatic rings. The van der Waals surface area contributed by atoms with E-state index in [-0.39, 0.29) is 11.9 Å². The van der Waals surface area contributed by atoms with Gasteiger partial charge in [0.15, 0.2) is 0 Å². The highest BCUT2D eigenvalue weighted by molar-refractivity contribution is 5.65. The molecule has 0 radical (unpaired) electrons. The lowest BCUT2D eigenvalue weighted by molar-refractivity contribution is 0.242. The summed E-state index contributed by atoms with van der Waals surface area (Å²) in [4.78, 5) is 8.74. The van der Waals surface area contributed by atoms with Crippen LogP contribution >= 0.6 is 0 Å². The van der Waals surface area contributed by atoms with Gasteiger partial charge in [-0.3, -0.25) is 4.98 Å². The number of aromatic nitrogens is 2. The Morgan fingerprint density at radius 1 is 0.913 bits per heavy atom. The second-order valence-electron chi connectivity index (χ2n) is 5.46. The first-order valence-electron chi connectivity index (χ1n) is 7.48. The van der Waals surface area contributed by atoms with E-state index in [0.29, 0.717) is 17.1 Å². The summed E-state index contributed by atoms with van der Waals surface area (Å²) in [7, 11) is 0. The standard InChI is InChI=1S/C19H17FN2O/c1-13(2)23-16-8-6-14(7-9-16)18-11-15(20)12-19(22-18)17-5-3-4-10-21-17/h3-13H,1-2H3. The van der Waals surface area contributed by atoms with Gasteiger partial charge in [0.25, 0.3) is 0 Å². The fourth-order valence-corrected chi connectivity index (χ4v) is 2.27. The Morgan fingerprint density at radius 2 is 1.65 bits per heavy atom. The number of hydrogen-bond donors (Lipinski definition) is 0. The number of halogens is 1. The topological polar surface area (TPSA) is 35.0 Å². The summed E-state index contributed by atoms with van der Waals surface area (Å²) < 4.78 is 19.6. The molecule has 3 aromatic rings. The minimum absolute atomic E-state index is 0.115. The van der Waals surface area contributed by atoms with Crippen LogP contribution in [0.3, 0.4) is 0 Å². The molecule has 0 amide bonds. The summed E-state index contributed by atoms with van der Waals surface area (Å²) in [6.07, 6.45) is 1.78. The molecule has 2 aromatic heterocycles. The minimum atomic E-state index is -0.335. The Labute approximate surface area is 134 Å². The summed E-state index contributed by atoms with van der Waals surface area (Å²) in [6, 6.07) is 15.8. The van der Waals surface area contributed by atoms with Gasteiger partial charge >= 0.3 is 0 Å². The predicted molar refractivity (Wildman–Crippen MR) is 88.6 cm³/mol. The van der Waals surface area contributed by atoms with Gasteiger partial charge in [-0.1, -0.05) is 6.07 Å². The predicted octanol–water partition coefficient (Wildman–Crippen LogP) is 4.74. The Hall–Kier alpha value is -2.75. The van der Waals surface area contributed by atoms with Gasteiger partial charge in [-0.05, 0) is 50.2 Å². The zero-order chi connectivity index (χ0) is 16.2. The van der Waals surface area contributed by atoms with Gasteiger partial charge in [0.1, 0.15) is 11.6 Å². The molecule has 116 valence electrons. The van der Waals surface area contributed by atoms with Gasteiger partial charge in [-0.25, -0.2) is 9.37 Å². The van der Waals surface area contributed by atoms with Crippen molar-refractivity contribution >= 4 is 0 Å². The van der Waals surface area contributed by atoms with Crippen molar-refractivity contribution in [3.63, 3.8) is 0 Å². The van der Waals surface area contributed by atoms with E-state index in [4.69, 9.17) is 4.74 Å². The molecule has 0 unspecified atom stereocenters. The molecule has 0 fully saturated rings. The fourth-order valence-electron chi connectivity index (χ4n) is 2.27. The van der Waals surface area contributed by atoms with Crippen molar-refractivity contribution in [3.8, 4) is 28.4 Å². The molecule has 0 aliphatic carbocycles. The Bertz CT molecular complexity index is 786. The summed E-state index contributed by atoms with van der Waals surface area (Å²) in [5, 5.41) is 0. The first-order valence-corrected chi connectivity index (χ1v) is 7.48. The summed E-state index contributed by atoms with van der Waals surface area (Å²) >= 11 is 0. The van der Waals surface area contributed by atoms with Gasteiger partial charge in [-0.2, -0.15) is 0 Å². The minimum Gasteiger partial charge on any atom is -0.491 e. The fraction of sp³-hybridized carbons (Fsp3) is 0.158. The van der Waals surface area contributed by atoms with Crippen LogP contribution in [0.5, 0.6) is 5.75 Å². The molecule has 0 spiro atoms. The van der Waals surface area contributed by atoms with Crippen molar-refractivity contribution in [1.82, 2.24) is 9.97 Å². The molecule has 0 N–H and O–H groups in total. The summed E-state index contributed by atoms with van der Waals surface area (Å²) in [6.45, 7) is 3.95. The van der Waals surface area contributed by atoms with Crippen molar-refractivity contribution in [2.75, 3.05) is 0 Å². The van der Waals surface area contributed by atoms with Gasteiger partial charge in [0.2, 0.25) is 0 Å². The molecule has 1 aromatic carbocycles. The Balaban J connectivity index is 1.95. The third-order valence-corrected chi connectivity index (χ3v) is 3.24. The average molecular weight is 308 g/mol. The van der Waals surface area contributed by atoms with Crippen LogP contribution in [0.4, 0.5) is 4.39 Å². The average Bonchev–Trinajstić information content (AvgIpc) is 2.55. The lowest BCUT2D eigenvalue weighted by Gasteiger charge is -2.10. The van der Waals surface area contributed by atoms with Gasteiger partial charge < -0.3 is 4.74 Å². The summed E-state index contributed by atoms with van der Waals surface area (Å²) in [5.74, 6) is 0.447. The molecular weight excluding hydrogens is 291 g/mol. The van der Waals surface area contributed by atoms with E-state index < -0.39 is 0 Å². The number of ether oxygens (including phenoxy) is 1. The molecular formula is C19H17FN2O. The second kappa shape index (κ2) is 6.57. The van der Waals surface area contributed by atoms with E-state index in [0.717, 1.165) is 11.3 Å². The van der Waals surface area contributed by atoms with Gasteiger partial charge in [-0.15, -0.1) is 0 Å². The molecule has 0 aliphatic heterocycles. The molecule has 23 heavy (non-hydrogen) atoms. The highest BCUT2D eigenvalue weighted by Gasteiger charge is 2.08. The number of nitrogens with zero attached hydrogens (tertiary/aromatic N) is 2. The maximum absolute atomic E-state index is 14.0. The first-order chi connectivity index (χ1) is 11.1. The van der Waals surface area contributed by atoms with E-state index in [9.17, 15) is 4.39 Å². The first kappa shape index (κ1) is 15.2. The maximum atomic E-state index is 14.0. The van der Waals surface area contributed by atoms with E-state index in [1.54, 1.807) is 6.20 Å². The molecule has 0 saturated carbocycles. The molecule has 0 atom stereocenters. The van der Waals surface area contributed by atoms with Crippen LogP contribution in [0.1, 0.15) is 13.8 Å². The maximum Gasteiger partial charge on any atom is 0.127 e. The van der Waals surface area contributed by atoms with E-state index in [2.05, 4.69) is 9.97 Å². The van der Waals surface area contributed by atoms with Crippen molar-refractivity contribution in [2.24, 2.45) is 0 Å². The number of hydrogen-bond acceptors (Lipinski definition) is 3. The van der Waals surface area contributed by atoms with Crippen LogP contribution in [0, 0.1) is 5.82 Å². The number of benzene rings is 1. The molecule has 4 heteroatoms. The van der Waals surface area contributed by atoms with Crippen molar-refractivity contribution < 1.29 is 9.13 Å². The number of pyridine rings is 2. The zero-order valence-corrected chi connectivity index (χ0v) is 13.0. The SMILES string of the molecule is CC(C)Oc1ccc(-c2cc(F)cc(-c3ccccn3)n2)cc1. The van der Waals surface area contributed by atoms with Crippen LogP contribution in [0.2, 0.25) is 0 Å². The van der Waals surface area contributed by atoms with Crippen LogP contribution in [0.25, 0.3) is 22.6 Å². The Kier molecular flexibility index (Phi) is 4.33. The lowest BCUT2D eigenvalue weighted by atomic mass is 10.1. The second-order valence-corrected chi connectivity index (χ2v) is 5.46. The van der Waals surface area contributed by atoms with Crippen LogP contribution < -0.4 is 4.74 Å². The quantitative estimate of drug-likeness (QED) is 0.698. The molecule has 0 saturated heterocycles. The van der Waals surface area contributed by atoms with Crippen LogP contribution in [0.15, 0.2) is 60.8 Å². The molecule has 2 heterocycles. The van der Waals surface area contributed by atoms with Gasteiger partial charge in [0.05, 0.1) is 23.2 Å². The van der Waals surface area contributed by atoms with Crippen molar-refractivity contribution in [2.45, 2.75) is 20.0 Å². The monoisotopic (exact) mass is 308 g/mol. The molecule has 3 nitrogen and oxygen atoms in total. The van der Waals surface area contributed by atoms with Crippen molar-refractivity contribution in [3.05, 3.63) is 66.6 Å². The highest BCUT2D eigenvalue weighted by Crippen LogP contribution is 2.25. The molecule has 3 rings (SSSR count). The largest absolute Gasteiger partial charge is 0.491 e. The normalized spacial score (nSPS) is 10.8. The third kappa shape index (κ3) is 3.72.